The first-order chi connectivity index (χ1) is 13.4. The number of nitrogens with one attached hydrogen (secondary N) is 2. The Morgan fingerprint density at radius 3 is 2.61 bits per heavy atom. The van der Waals surface area contributed by atoms with Crippen LogP contribution in [0.2, 0.25) is 5.02 Å². The van der Waals surface area contributed by atoms with Crippen molar-refractivity contribution in [1.29, 1.82) is 0 Å². The summed E-state index contributed by atoms with van der Waals surface area (Å²) in [5.74, 6) is 2.67. The summed E-state index contributed by atoms with van der Waals surface area (Å²) in [5.41, 5.74) is 4.51. The average Bonchev–Trinajstić information content (AvgIpc) is 2.99. The van der Waals surface area contributed by atoms with Crippen molar-refractivity contribution in [2.24, 2.45) is 0 Å². The molecule has 146 valence electrons. The largest absolute Gasteiger partial charge is 0.358 e. The van der Waals surface area contributed by atoms with Gasteiger partial charge >= 0.3 is 0 Å². The summed E-state index contributed by atoms with van der Waals surface area (Å²) in [7, 11) is -3.57. The Balaban J connectivity index is 1.79. The lowest BCUT2D eigenvalue weighted by Gasteiger charge is -2.08. The highest BCUT2D eigenvalue weighted by molar-refractivity contribution is 7.89. The number of benzene rings is 2. The minimum Gasteiger partial charge on any atom is -0.358 e. The Morgan fingerprint density at radius 2 is 1.89 bits per heavy atom. The fraction of sp³-hybridized carbons (Fsp3) is 0.273. The summed E-state index contributed by atoms with van der Waals surface area (Å²) in [6.07, 6.45) is 8.43. The van der Waals surface area contributed by atoms with Gasteiger partial charge in [0.15, 0.2) is 0 Å². The molecule has 0 fully saturated rings. The van der Waals surface area contributed by atoms with Gasteiger partial charge in [-0.25, -0.2) is 13.1 Å². The first-order valence-corrected chi connectivity index (χ1v) is 11.1. The number of sulfonamides is 1. The summed E-state index contributed by atoms with van der Waals surface area (Å²) in [4.78, 5) is 3.68. The van der Waals surface area contributed by atoms with Gasteiger partial charge in [-0.2, -0.15) is 0 Å². The molecule has 0 saturated carbocycles. The molecule has 0 saturated heterocycles. The van der Waals surface area contributed by atoms with Gasteiger partial charge in [0.2, 0.25) is 10.0 Å². The van der Waals surface area contributed by atoms with Crippen LogP contribution in [-0.4, -0.2) is 19.9 Å². The van der Waals surface area contributed by atoms with Gasteiger partial charge in [-0.3, -0.25) is 0 Å². The molecule has 0 aliphatic rings. The highest BCUT2D eigenvalue weighted by Gasteiger charge is 2.16. The smallest absolute Gasteiger partial charge is 0.240 e. The van der Waals surface area contributed by atoms with Crippen molar-refractivity contribution >= 4 is 32.5 Å². The van der Waals surface area contributed by atoms with E-state index in [1.807, 2.05) is 0 Å². The topological polar surface area (TPSA) is 62.0 Å². The number of aromatic amines is 1. The number of hydrogen-bond donors (Lipinski definition) is 2. The Labute approximate surface area is 171 Å². The standard InChI is InChI=1S/C22H23ClN2O2S/c1-3-4-5-6-21-19(20-15-16(2)7-12-22(20)25-21)13-14-24-28(26,27)18-10-8-17(23)9-11-18/h1,7-12,15,24-25H,4-6,13-14H2,2H3. The maximum atomic E-state index is 12.5. The van der Waals surface area contributed by atoms with Crippen molar-refractivity contribution in [2.45, 2.75) is 37.5 Å². The van der Waals surface area contributed by atoms with Gasteiger partial charge in [0, 0.05) is 34.6 Å². The van der Waals surface area contributed by atoms with Gasteiger partial charge in [-0.05, 0) is 68.1 Å². The molecule has 0 aliphatic carbocycles. The number of terminal acetylenes is 1. The van der Waals surface area contributed by atoms with E-state index in [0.717, 1.165) is 41.4 Å². The molecule has 0 bridgehead atoms. The summed E-state index contributed by atoms with van der Waals surface area (Å²) in [5, 5.41) is 1.64. The molecule has 3 rings (SSSR count). The molecule has 0 unspecified atom stereocenters. The molecule has 4 nitrogen and oxygen atoms in total. The van der Waals surface area contributed by atoms with Crippen LogP contribution in [0.4, 0.5) is 0 Å². The number of halogens is 1. The summed E-state index contributed by atoms with van der Waals surface area (Å²) in [6, 6.07) is 12.4. The van der Waals surface area contributed by atoms with Crippen molar-refractivity contribution in [3.05, 3.63) is 64.3 Å². The maximum absolute atomic E-state index is 12.5. The van der Waals surface area contributed by atoms with Crippen LogP contribution in [0, 0.1) is 19.3 Å². The van der Waals surface area contributed by atoms with Crippen molar-refractivity contribution in [3.8, 4) is 12.3 Å². The van der Waals surface area contributed by atoms with Crippen LogP contribution in [-0.2, 0) is 22.9 Å². The SMILES string of the molecule is C#CCCCc1[nH]c2ccc(C)cc2c1CCNS(=O)(=O)c1ccc(Cl)cc1. The molecule has 6 heteroatoms. The van der Waals surface area contributed by atoms with E-state index in [4.69, 9.17) is 18.0 Å². The first kappa shape index (κ1) is 20.5. The molecule has 0 atom stereocenters. The normalized spacial score (nSPS) is 11.6. The van der Waals surface area contributed by atoms with Gasteiger partial charge in [0.1, 0.15) is 0 Å². The predicted octanol–water partition coefficient (Wildman–Crippen LogP) is 4.61. The lowest BCUT2D eigenvalue weighted by molar-refractivity contribution is 0.581. The molecule has 1 aromatic heterocycles. The quantitative estimate of drug-likeness (QED) is 0.417. The minimum absolute atomic E-state index is 0.209. The van der Waals surface area contributed by atoms with E-state index in [-0.39, 0.29) is 4.90 Å². The highest BCUT2D eigenvalue weighted by atomic mass is 35.5. The van der Waals surface area contributed by atoms with Crippen LogP contribution >= 0.6 is 11.6 Å². The number of aryl methyl sites for hydroxylation is 2. The van der Waals surface area contributed by atoms with E-state index < -0.39 is 10.0 Å². The van der Waals surface area contributed by atoms with Crippen molar-refractivity contribution in [3.63, 3.8) is 0 Å². The van der Waals surface area contributed by atoms with E-state index in [9.17, 15) is 8.42 Å². The molecule has 3 aromatic rings. The van der Waals surface area contributed by atoms with E-state index in [1.165, 1.54) is 17.7 Å². The zero-order valence-electron chi connectivity index (χ0n) is 15.8. The maximum Gasteiger partial charge on any atom is 0.240 e. The van der Waals surface area contributed by atoms with Gasteiger partial charge in [0.25, 0.3) is 0 Å². The molecule has 0 spiro atoms. The monoisotopic (exact) mass is 414 g/mol. The van der Waals surface area contributed by atoms with Crippen LogP contribution in [0.25, 0.3) is 10.9 Å². The molecule has 28 heavy (non-hydrogen) atoms. The molecule has 0 radical (unpaired) electrons. The third-order valence-electron chi connectivity index (χ3n) is 4.69. The Hall–Kier alpha value is -2.26. The molecule has 1 heterocycles. The second-order valence-electron chi connectivity index (χ2n) is 6.79. The van der Waals surface area contributed by atoms with Crippen molar-refractivity contribution in [2.75, 3.05) is 6.54 Å². The van der Waals surface area contributed by atoms with E-state index in [2.05, 4.69) is 40.7 Å². The molecule has 0 amide bonds. The van der Waals surface area contributed by atoms with Crippen LogP contribution in [0.1, 0.15) is 29.7 Å². The van der Waals surface area contributed by atoms with Crippen LogP contribution < -0.4 is 4.72 Å². The van der Waals surface area contributed by atoms with E-state index >= 15 is 0 Å². The van der Waals surface area contributed by atoms with Crippen molar-refractivity contribution < 1.29 is 8.42 Å². The third kappa shape index (κ3) is 4.77. The summed E-state index contributed by atoms with van der Waals surface area (Å²) < 4.78 is 27.7. The van der Waals surface area contributed by atoms with Crippen molar-refractivity contribution in [1.82, 2.24) is 9.71 Å². The lowest BCUT2D eigenvalue weighted by atomic mass is 10.0. The average molecular weight is 415 g/mol. The molecule has 2 N–H and O–H groups in total. The Morgan fingerprint density at radius 1 is 1.14 bits per heavy atom. The van der Waals surface area contributed by atoms with Gasteiger partial charge in [-0.15, -0.1) is 12.3 Å². The Kier molecular flexibility index (Phi) is 6.46. The third-order valence-corrected chi connectivity index (χ3v) is 6.42. The minimum atomic E-state index is -3.57. The Bertz CT molecular complexity index is 1110. The number of hydrogen-bond acceptors (Lipinski definition) is 2. The molecule has 0 aliphatic heterocycles. The molecular weight excluding hydrogens is 392 g/mol. The molecular formula is C22H23ClN2O2S. The number of aromatic nitrogens is 1. The van der Waals surface area contributed by atoms with E-state index in [0.29, 0.717) is 18.0 Å². The van der Waals surface area contributed by atoms with E-state index in [1.54, 1.807) is 12.1 Å². The zero-order valence-corrected chi connectivity index (χ0v) is 17.3. The highest BCUT2D eigenvalue weighted by Crippen LogP contribution is 2.25. The van der Waals surface area contributed by atoms with Gasteiger partial charge in [-0.1, -0.05) is 23.2 Å². The lowest BCUT2D eigenvalue weighted by Crippen LogP contribution is -2.26. The number of fused-ring (bicyclic) bond motifs is 1. The van der Waals surface area contributed by atoms with Crippen LogP contribution in [0.5, 0.6) is 0 Å². The van der Waals surface area contributed by atoms with Gasteiger partial charge < -0.3 is 4.98 Å². The van der Waals surface area contributed by atoms with Gasteiger partial charge in [0.05, 0.1) is 4.90 Å². The molecule has 2 aromatic carbocycles. The predicted molar refractivity (Wildman–Crippen MR) is 115 cm³/mol. The number of unbranched alkanes of at least 4 members (excludes halogenated alkanes) is 1. The number of rotatable bonds is 8. The zero-order chi connectivity index (χ0) is 20.1. The fourth-order valence-electron chi connectivity index (χ4n) is 3.29. The first-order valence-electron chi connectivity index (χ1n) is 9.19. The number of H-pyrrole nitrogens is 1. The second kappa shape index (κ2) is 8.83. The second-order valence-corrected chi connectivity index (χ2v) is 8.99. The van der Waals surface area contributed by atoms with Crippen LogP contribution in [0.3, 0.4) is 0 Å². The fourth-order valence-corrected chi connectivity index (χ4v) is 4.45. The summed E-state index contributed by atoms with van der Waals surface area (Å²) >= 11 is 5.84. The van der Waals surface area contributed by atoms with Crippen LogP contribution in [0.15, 0.2) is 47.4 Å². The summed E-state index contributed by atoms with van der Waals surface area (Å²) in [6.45, 7) is 2.37.